The number of aromatic nitrogens is 3. The van der Waals surface area contributed by atoms with E-state index in [0.29, 0.717) is 23.0 Å². The summed E-state index contributed by atoms with van der Waals surface area (Å²) in [6, 6.07) is 18.5. The number of hydrogen-bond donors (Lipinski definition) is 0. The molecule has 4 aromatic rings. The highest BCUT2D eigenvalue weighted by molar-refractivity contribution is 7.98. The Morgan fingerprint density at radius 3 is 2.62 bits per heavy atom. The van der Waals surface area contributed by atoms with Crippen LogP contribution >= 0.6 is 11.8 Å². The third kappa shape index (κ3) is 4.07. The fourth-order valence-electron chi connectivity index (χ4n) is 3.07. The lowest BCUT2D eigenvalue weighted by molar-refractivity contribution is -0.385. The first-order valence-corrected chi connectivity index (χ1v) is 9.98. The number of para-hydroxylation sites is 1. The summed E-state index contributed by atoms with van der Waals surface area (Å²) in [5, 5.41) is 20.7. The molecule has 0 saturated carbocycles. The van der Waals surface area contributed by atoms with E-state index in [-0.39, 0.29) is 10.6 Å². The van der Waals surface area contributed by atoms with Crippen molar-refractivity contribution in [2.45, 2.75) is 24.4 Å². The van der Waals surface area contributed by atoms with Crippen molar-refractivity contribution in [1.82, 2.24) is 14.8 Å². The zero-order valence-electron chi connectivity index (χ0n) is 15.7. The van der Waals surface area contributed by atoms with Gasteiger partial charge in [-0.25, -0.2) is 0 Å². The Kier molecular flexibility index (Phi) is 5.44. The first-order valence-electron chi connectivity index (χ1n) is 9.00. The fourth-order valence-corrected chi connectivity index (χ4v) is 4.01. The number of furan rings is 1. The van der Waals surface area contributed by atoms with E-state index in [2.05, 4.69) is 10.2 Å². The molecule has 4 rings (SSSR count). The van der Waals surface area contributed by atoms with Crippen molar-refractivity contribution in [1.29, 1.82) is 0 Å². The van der Waals surface area contributed by atoms with Gasteiger partial charge >= 0.3 is 0 Å². The second-order valence-corrected chi connectivity index (χ2v) is 7.40. The van der Waals surface area contributed by atoms with Gasteiger partial charge < -0.3 is 4.42 Å². The molecule has 0 fully saturated rings. The molecule has 2 aromatic carbocycles. The summed E-state index contributed by atoms with van der Waals surface area (Å²) in [6.07, 6.45) is 1.63. The topological polar surface area (TPSA) is 87.0 Å². The van der Waals surface area contributed by atoms with E-state index in [1.165, 1.54) is 17.8 Å². The number of thioether (sulfide) groups is 1. The molecular weight excluding hydrogens is 388 g/mol. The molecule has 29 heavy (non-hydrogen) atoms. The summed E-state index contributed by atoms with van der Waals surface area (Å²) in [5.74, 6) is 1.94. The lowest BCUT2D eigenvalue weighted by Gasteiger charge is -2.10. The lowest BCUT2D eigenvalue weighted by atomic mass is 10.1. The minimum absolute atomic E-state index is 0.108. The third-order valence-electron chi connectivity index (χ3n) is 4.54. The molecule has 0 spiro atoms. The molecule has 0 aliphatic carbocycles. The number of nitrogens with zero attached hydrogens (tertiary/aromatic N) is 4. The van der Waals surface area contributed by atoms with Gasteiger partial charge in [-0.3, -0.25) is 14.7 Å². The average Bonchev–Trinajstić information content (AvgIpc) is 3.37. The predicted octanol–water partition coefficient (Wildman–Crippen LogP) is 5.10. The Balaban J connectivity index is 1.68. The van der Waals surface area contributed by atoms with Crippen molar-refractivity contribution in [2.75, 3.05) is 0 Å². The summed E-state index contributed by atoms with van der Waals surface area (Å²) < 4.78 is 7.51. The van der Waals surface area contributed by atoms with Crippen LogP contribution in [0.2, 0.25) is 0 Å². The summed E-state index contributed by atoms with van der Waals surface area (Å²) in [7, 11) is 0. The van der Waals surface area contributed by atoms with Crippen LogP contribution in [-0.4, -0.2) is 19.7 Å². The molecule has 146 valence electrons. The molecule has 0 unspecified atom stereocenters. The van der Waals surface area contributed by atoms with Crippen LogP contribution in [-0.2, 0) is 12.3 Å². The average molecular weight is 406 g/mol. The maximum atomic E-state index is 11.3. The summed E-state index contributed by atoms with van der Waals surface area (Å²) in [6.45, 7) is 2.50. The van der Waals surface area contributed by atoms with Crippen LogP contribution in [0.4, 0.5) is 5.69 Å². The first-order chi connectivity index (χ1) is 14.1. The minimum atomic E-state index is -0.359. The van der Waals surface area contributed by atoms with Crippen molar-refractivity contribution in [3.8, 4) is 11.4 Å². The van der Waals surface area contributed by atoms with Gasteiger partial charge in [-0.2, -0.15) is 0 Å². The van der Waals surface area contributed by atoms with E-state index >= 15 is 0 Å². The van der Waals surface area contributed by atoms with Crippen LogP contribution in [0.25, 0.3) is 11.4 Å². The predicted molar refractivity (Wildman–Crippen MR) is 111 cm³/mol. The number of hydrogen-bond acceptors (Lipinski definition) is 6. The molecule has 0 radical (unpaired) electrons. The largest absolute Gasteiger partial charge is 0.467 e. The Labute approximate surface area is 171 Å². The maximum Gasteiger partial charge on any atom is 0.273 e. The summed E-state index contributed by atoms with van der Waals surface area (Å²) >= 11 is 1.42. The van der Waals surface area contributed by atoms with Crippen molar-refractivity contribution in [3.63, 3.8) is 0 Å². The highest BCUT2D eigenvalue weighted by Gasteiger charge is 2.19. The number of nitro benzene ring substituents is 1. The number of aryl methyl sites for hydroxylation is 1. The van der Waals surface area contributed by atoms with Crippen LogP contribution in [0.1, 0.15) is 16.9 Å². The van der Waals surface area contributed by atoms with E-state index in [4.69, 9.17) is 4.42 Å². The van der Waals surface area contributed by atoms with Crippen LogP contribution in [0, 0.1) is 17.0 Å². The van der Waals surface area contributed by atoms with Gasteiger partial charge in [0.05, 0.1) is 17.7 Å². The summed E-state index contributed by atoms with van der Waals surface area (Å²) in [4.78, 5) is 10.9. The van der Waals surface area contributed by atoms with Crippen molar-refractivity contribution in [2.24, 2.45) is 0 Å². The third-order valence-corrected chi connectivity index (χ3v) is 5.56. The van der Waals surface area contributed by atoms with Crippen molar-refractivity contribution < 1.29 is 9.34 Å². The molecule has 0 N–H and O–H groups in total. The molecule has 0 aliphatic rings. The normalized spacial score (nSPS) is 10.9. The standard InChI is InChI=1S/C21H18N4O3S/c1-15-7-2-4-10-18(15)20-22-23-21(24(20)13-17-9-6-12-28-17)29-14-16-8-3-5-11-19(16)25(26)27/h2-12H,13-14H2,1H3. The van der Waals surface area contributed by atoms with Crippen LogP contribution < -0.4 is 0 Å². The quantitative estimate of drug-likeness (QED) is 0.241. The Hall–Kier alpha value is -3.39. The van der Waals surface area contributed by atoms with Crippen molar-refractivity contribution >= 4 is 17.4 Å². The van der Waals surface area contributed by atoms with Crippen LogP contribution in [0.5, 0.6) is 0 Å². The molecular formula is C21H18N4O3S. The smallest absolute Gasteiger partial charge is 0.273 e. The van der Waals surface area contributed by atoms with E-state index in [0.717, 1.165) is 22.7 Å². The van der Waals surface area contributed by atoms with Gasteiger partial charge in [-0.05, 0) is 24.6 Å². The van der Waals surface area contributed by atoms with Gasteiger partial charge in [0, 0.05) is 22.9 Å². The highest BCUT2D eigenvalue weighted by atomic mass is 32.2. The van der Waals surface area contributed by atoms with Crippen molar-refractivity contribution in [3.05, 3.63) is 93.9 Å². The van der Waals surface area contributed by atoms with E-state index in [1.807, 2.05) is 47.9 Å². The zero-order valence-corrected chi connectivity index (χ0v) is 16.5. The Morgan fingerprint density at radius 2 is 1.86 bits per heavy atom. The molecule has 0 saturated heterocycles. The summed E-state index contributed by atoms with van der Waals surface area (Å²) in [5.41, 5.74) is 2.84. The molecule has 0 aliphatic heterocycles. The van der Waals surface area contributed by atoms with Crippen LogP contribution in [0.3, 0.4) is 0 Å². The minimum Gasteiger partial charge on any atom is -0.467 e. The van der Waals surface area contributed by atoms with Gasteiger partial charge in [-0.1, -0.05) is 54.2 Å². The molecule has 2 heterocycles. The van der Waals surface area contributed by atoms with Crippen LogP contribution in [0.15, 0.2) is 76.5 Å². The van der Waals surface area contributed by atoms with Gasteiger partial charge in [0.25, 0.3) is 5.69 Å². The molecule has 2 aromatic heterocycles. The SMILES string of the molecule is Cc1ccccc1-c1nnc(SCc2ccccc2[N+](=O)[O-])n1Cc1ccco1. The van der Waals surface area contributed by atoms with Gasteiger partial charge in [0.15, 0.2) is 11.0 Å². The molecule has 8 heteroatoms. The maximum absolute atomic E-state index is 11.3. The Morgan fingerprint density at radius 1 is 1.07 bits per heavy atom. The molecule has 7 nitrogen and oxygen atoms in total. The monoisotopic (exact) mass is 406 g/mol. The second kappa shape index (κ2) is 8.32. The fraction of sp³-hybridized carbons (Fsp3) is 0.143. The lowest BCUT2D eigenvalue weighted by Crippen LogP contribution is -2.04. The molecule has 0 atom stereocenters. The number of rotatable bonds is 7. The second-order valence-electron chi connectivity index (χ2n) is 6.46. The first kappa shape index (κ1) is 18.9. The number of benzene rings is 2. The van der Waals surface area contributed by atoms with E-state index in [1.54, 1.807) is 24.5 Å². The highest BCUT2D eigenvalue weighted by Crippen LogP contribution is 2.31. The zero-order chi connectivity index (χ0) is 20.2. The Bertz CT molecular complexity index is 1140. The number of nitro groups is 1. The van der Waals surface area contributed by atoms with Gasteiger partial charge in [-0.15, -0.1) is 10.2 Å². The van der Waals surface area contributed by atoms with Gasteiger partial charge in [0.2, 0.25) is 0 Å². The van der Waals surface area contributed by atoms with E-state index in [9.17, 15) is 10.1 Å². The van der Waals surface area contributed by atoms with Gasteiger partial charge in [0.1, 0.15) is 5.76 Å². The van der Waals surface area contributed by atoms with E-state index < -0.39 is 0 Å². The molecule has 0 amide bonds. The molecule has 0 bridgehead atoms.